The van der Waals surface area contributed by atoms with Crippen LogP contribution in [0, 0.1) is 0 Å². The fraction of sp³-hybridized carbons (Fsp3) is 0.938. The van der Waals surface area contributed by atoms with Crippen molar-refractivity contribution in [2.45, 2.75) is 38.1 Å². The van der Waals surface area contributed by atoms with Gasteiger partial charge in [-0.1, -0.05) is 6.42 Å². The molecule has 0 aliphatic carbocycles. The van der Waals surface area contributed by atoms with Crippen LogP contribution in [-0.2, 0) is 4.79 Å². The minimum atomic E-state index is 0.342. The zero-order valence-corrected chi connectivity index (χ0v) is 13.2. The molecule has 0 aromatic carbocycles. The average molecular weight is 294 g/mol. The van der Waals surface area contributed by atoms with Gasteiger partial charge in [0.05, 0.1) is 6.54 Å². The minimum absolute atomic E-state index is 0.342. The number of piperazine rings is 1. The van der Waals surface area contributed by atoms with E-state index in [0.29, 0.717) is 12.5 Å². The highest BCUT2D eigenvalue weighted by Crippen LogP contribution is 2.20. The van der Waals surface area contributed by atoms with Crippen LogP contribution < -0.4 is 5.32 Å². The standard InChI is InChI=1S/C16H30N4O/c21-16(14-18-12-6-17-7-13-18)20-10-4-15(5-11-20)19-8-2-1-3-9-19/h15,17H,1-14H2. The number of amides is 1. The first-order chi connectivity index (χ1) is 10.3. The van der Waals surface area contributed by atoms with Crippen LogP contribution in [0.25, 0.3) is 0 Å². The van der Waals surface area contributed by atoms with E-state index in [1.165, 1.54) is 45.2 Å². The summed E-state index contributed by atoms with van der Waals surface area (Å²) in [6, 6.07) is 0.730. The van der Waals surface area contributed by atoms with Crippen molar-refractivity contribution in [3.8, 4) is 0 Å². The summed E-state index contributed by atoms with van der Waals surface area (Å²) in [7, 11) is 0. The van der Waals surface area contributed by atoms with Gasteiger partial charge in [0.15, 0.2) is 0 Å². The molecule has 0 aromatic heterocycles. The Morgan fingerprint density at radius 1 is 0.905 bits per heavy atom. The van der Waals surface area contributed by atoms with Crippen molar-refractivity contribution in [2.24, 2.45) is 0 Å². The van der Waals surface area contributed by atoms with Gasteiger partial charge in [0.2, 0.25) is 5.91 Å². The molecule has 120 valence electrons. The van der Waals surface area contributed by atoms with Gasteiger partial charge in [-0.15, -0.1) is 0 Å². The van der Waals surface area contributed by atoms with E-state index in [1.807, 2.05) is 0 Å². The van der Waals surface area contributed by atoms with Crippen molar-refractivity contribution in [3.05, 3.63) is 0 Å². The molecule has 3 rings (SSSR count). The van der Waals surface area contributed by atoms with Gasteiger partial charge in [0.1, 0.15) is 0 Å². The number of likely N-dealkylation sites (tertiary alicyclic amines) is 2. The number of hydrogen-bond donors (Lipinski definition) is 1. The van der Waals surface area contributed by atoms with Gasteiger partial charge in [-0.2, -0.15) is 0 Å². The Kier molecular flexibility index (Phi) is 5.49. The molecule has 0 spiro atoms. The number of piperidine rings is 2. The molecule has 0 radical (unpaired) electrons. The Bertz CT molecular complexity index is 329. The van der Waals surface area contributed by atoms with Crippen LogP contribution in [0.2, 0.25) is 0 Å². The lowest BCUT2D eigenvalue weighted by Crippen LogP contribution is -2.52. The second kappa shape index (κ2) is 7.56. The zero-order valence-electron chi connectivity index (χ0n) is 13.2. The summed E-state index contributed by atoms with van der Waals surface area (Å²) in [6.07, 6.45) is 6.48. The summed E-state index contributed by atoms with van der Waals surface area (Å²) in [4.78, 5) is 19.5. The molecule has 3 fully saturated rings. The molecule has 21 heavy (non-hydrogen) atoms. The zero-order chi connectivity index (χ0) is 14.5. The van der Waals surface area contributed by atoms with Crippen molar-refractivity contribution < 1.29 is 4.79 Å². The third kappa shape index (κ3) is 4.18. The predicted molar refractivity (Wildman–Crippen MR) is 84.3 cm³/mol. The second-order valence-electron chi connectivity index (χ2n) is 6.73. The lowest BCUT2D eigenvalue weighted by Gasteiger charge is -2.40. The highest BCUT2D eigenvalue weighted by Gasteiger charge is 2.28. The lowest BCUT2D eigenvalue weighted by atomic mass is 10.00. The van der Waals surface area contributed by atoms with Gasteiger partial charge < -0.3 is 15.1 Å². The molecule has 3 heterocycles. The summed E-state index contributed by atoms with van der Waals surface area (Å²) >= 11 is 0. The Labute approximate surface area is 128 Å². The van der Waals surface area contributed by atoms with Gasteiger partial charge in [-0.3, -0.25) is 9.69 Å². The van der Waals surface area contributed by atoms with Crippen molar-refractivity contribution in [1.29, 1.82) is 0 Å². The van der Waals surface area contributed by atoms with Crippen LogP contribution in [0.4, 0.5) is 0 Å². The summed E-state index contributed by atoms with van der Waals surface area (Å²) in [5, 5.41) is 3.34. The van der Waals surface area contributed by atoms with E-state index in [-0.39, 0.29) is 0 Å². The summed E-state index contributed by atoms with van der Waals surface area (Å²) in [6.45, 7) is 9.16. The maximum absolute atomic E-state index is 12.4. The Balaban J connectivity index is 1.40. The molecule has 3 saturated heterocycles. The number of carbonyl (C=O) groups excluding carboxylic acids is 1. The van der Waals surface area contributed by atoms with E-state index in [4.69, 9.17) is 0 Å². The van der Waals surface area contributed by atoms with Crippen LogP contribution >= 0.6 is 0 Å². The van der Waals surface area contributed by atoms with Crippen molar-refractivity contribution in [1.82, 2.24) is 20.0 Å². The fourth-order valence-electron chi connectivity index (χ4n) is 3.92. The van der Waals surface area contributed by atoms with E-state index in [1.54, 1.807) is 0 Å². The van der Waals surface area contributed by atoms with Gasteiger partial charge in [0, 0.05) is 45.3 Å². The predicted octanol–water partition coefficient (Wildman–Crippen LogP) is 0.369. The topological polar surface area (TPSA) is 38.8 Å². The molecule has 3 aliphatic rings. The molecule has 0 saturated carbocycles. The Morgan fingerprint density at radius 2 is 1.57 bits per heavy atom. The Morgan fingerprint density at radius 3 is 2.24 bits per heavy atom. The molecule has 0 aromatic rings. The average Bonchev–Trinajstić information content (AvgIpc) is 2.57. The first-order valence-electron chi connectivity index (χ1n) is 8.78. The van der Waals surface area contributed by atoms with Gasteiger partial charge >= 0.3 is 0 Å². The van der Waals surface area contributed by atoms with E-state index < -0.39 is 0 Å². The minimum Gasteiger partial charge on any atom is -0.341 e. The smallest absolute Gasteiger partial charge is 0.236 e. The van der Waals surface area contributed by atoms with Crippen molar-refractivity contribution in [3.63, 3.8) is 0 Å². The van der Waals surface area contributed by atoms with Crippen molar-refractivity contribution in [2.75, 3.05) is 58.9 Å². The van der Waals surface area contributed by atoms with Gasteiger partial charge in [-0.25, -0.2) is 0 Å². The fourth-order valence-corrected chi connectivity index (χ4v) is 3.92. The number of nitrogens with zero attached hydrogens (tertiary/aromatic N) is 3. The molecule has 3 aliphatic heterocycles. The lowest BCUT2D eigenvalue weighted by molar-refractivity contribution is -0.134. The quantitative estimate of drug-likeness (QED) is 0.816. The molecule has 1 amide bonds. The molecule has 0 atom stereocenters. The molecular weight excluding hydrogens is 264 g/mol. The van der Waals surface area contributed by atoms with E-state index in [0.717, 1.165) is 45.3 Å². The van der Waals surface area contributed by atoms with Crippen molar-refractivity contribution >= 4 is 5.91 Å². The van der Waals surface area contributed by atoms with E-state index >= 15 is 0 Å². The molecule has 5 heteroatoms. The van der Waals surface area contributed by atoms with Gasteiger partial charge in [-0.05, 0) is 38.8 Å². The molecule has 0 unspecified atom stereocenters. The highest BCUT2D eigenvalue weighted by molar-refractivity contribution is 5.78. The SMILES string of the molecule is O=C(CN1CCNCC1)N1CCC(N2CCCCC2)CC1. The molecule has 1 N–H and O–H groups in total. The van der Waals surface area contributed by atoms with Crippen LogP contribution in [-0.4, -0.2) is 85.6 Å². The third-order valence-corrected chi connectivity index (χ3v) is 5.29. The number of rotatable bonds is 3. The van der Waals surface area contributed by atoms with E-state index in [2.05, 4.69) is 20.0 Å². The molecular formula is C16H30N4O. The number of hydrogen-bond acceptors (Lipinski definition) is 4. The monoisotopic (exact) mass is 294 g/mol. The number of nitrogens with one attached hydrogen (secondary N) is 1. The first kappa shape index (κ1) is 15.3. The number of carbonyl (C=O) groups is 1. The van der Waals surface area contributed by atoms with Crippen LogP contribution in [0.3, 0.4) is 0 Å². The van der Waals surface area contributed by atoms with Crippen LogP contribution in [0.5, 0.6) is 0 Å². The van der Waals surface area contributed by atoms with Gasteiger partial charge in [0.25, 0.3) is 0 Å². The third-order valence-electron chi connectivity index (χ3n) is 5.29. The first-order valence-corrected chi connectivity index (χ1v) is 8.78. The summed E-state index contributed by atoms with van der Waals surface area (Å²) < 4.78 is 0. The van der Waals surface area contributed by atoms with Crippen LogP contribution in [0.1, 0.15) is 32.1 Å². The van der Waals surface area contributed by atoms with Crippen LogP contribution in [0.15, 0.2) is 0 Å². The maximum atomic E-state index is 12.4. The summed E-state index contributed by atoms with van der Waals surface area (Å²) in [5.41, 5.74) is 0. The summed E-state index contributed by atoms with van der Waals surface area (Å²) in [5.74, 6) is 0.342. The maximum Gasteiger partial charge on any atom is 0.236 e. The largest absolute Gasteiger partial charge is 0.341 e. The Hall–Kier alpha value is -0.650. The van der Waals surface area contributed by atoms with E-state index in [9.17, 15) is 4.79 Å². The molecule has 5 nitrogen and oxygen atoms in total. The second-order valence-corrected chi connectivity index (χ2v) is 6.73. The molecule has 0 bridgehead atoms. The highest BCUT2D eigenvalue weighted by atomic mass is 16.2. The normalized spacial score (nSPS) is 27.0.